The Kier molecular flexibility index (Phi) is 5.23. The van der Waals surface area contributed by atoms with E-state index in [1.807, 2.05) is 17.0 Å². The first-order chi connectivity index (χ1) is 9.22. The number of carbonyl (C=O) groups is 1. The Morgan fingerprint density at radius 1 is 1.42 bits per heavy atom. The minimum Gasteiger partial charge on any atom is -0.336 e. The van der Waals surface area contributed by atoms with Gasteiger partial charge in [-0.1, -0.05) is 24.6 Å². The largest absolute Gasteiger partial charge is 0.336 e. The molecule has 1 aromatic carbocycles. The van der Waals surface area contributed by atoms with Gasteiger partial charge in [0.05, 0.1) is 0 Å². The number of piperidine rings is 1. The van der Waals surface area contributed by atoms with Gasteiger partial charge in [-0.25, -0.2) is 0 Å². The van der Waals surface area contributed by atoms with E-state index in [0.717, 1.165) is 38.9 Å². The van der Waals surface area contributed by atoms with Gasteiger partial charge in [0.1, 0.15) is 0 Å². The molecule has 1 N–H and O–H groups in total. The second-order valence-electron chi connectivity index (χ2n) is 4.99. The summed E-state index contributed by atoms with van der Waals surface area (Å²) in [5, 5.41) is 3.96. The van der Waals surface area contributed by atoms with Crippen molar-refractivity contribution in [1.29, 1.82) is 0 Å². The predicted octanol–water partition coefficient (Wildman–Crippen LogP) is 2.94. The van der Waals surface area contributed by atoms with Crippen molar-refractivity contribution >= 4 is 17.5 Å². The summed E-state index contributed by atoms with van der Waals surface area (Å²) in [7, 11) is 0. The Morgan fingerprint density at radius 2 is 2.16 bits per heavy atom. The molecule has 0 aliphatic carbocycles. The van der Waals surface area contributed by atoms with Gasteiger partial charge in [0, 0.05) is 23.2 Å². The van der Waals surface area contributed by atoms with Crippen LogP contribution in [0.5, 0.6) is 0 Å². The third-order valence-corrected chi connectivity index (χ3v) is 3.78. The van der Waals surface area contributed by atoms with Crippen molar-refractivity contribution < 1.29 is 4.79 Å². The molecule has 3 nitrogen and oxygen atoms in total. The minimum atomic E-state index is 0.108. The van der Waals surface area contributed by atoms with Gasteiger partial charge in [0.15, 0.2) is 0 Å². The summed E-state index contributed by atoms with van der Waals surface area (Å²) >= 11 is 5.98. The Bertz CT molecular complexity index is 430. The van der Waals surface area contributed by atoms with Gasteiger partial charge in [-0.2, -0.15) is 0 Å². The average Bonchev–Trinajstić information content (AvgIpc) is 2.45. The Morgan fingerprint density at radius 3 is 2.79 bits per heavy atom. The molecular weight excluding hydrogens is 260 g/mol. The standard InChI is InChI=1S/C15H21ClN2O/c1-2-10-18(14-6-8-17-9-7-14)15(19)12-4-3-5-13(16)11-12/h3-5,11,14,17H,2,6-10H2,1H3. The van der Waals surface area contributed by atoms with Gasteiger partial charge < -0.3 is 10.2 Å². The number of hydrogen-bond donors (Lipinski definition) is 1. The third kappa shape index (κ3) is 3.71. The van der Waals surface area contributed by atoms with Crippen LogP contribution in [0.4, 0.5) is 0 Å². The number of hydrogen-bond acceptors (Lipinski definition) is 2. The highest BCUT2D eigenvalue weighted by molar-refractivity contribution is 6.30. The lowest BCUT2D eigenvalue weighted by Gasteiger charge is -2.34. The molecule has 1 fully saturated rings. The number of amides is 1. The van der Waals surface area contributed by atoms with E-state index in [2.05, 4.69) is 12.2 Å². The fourth-order valence-corrected chi connectivity index (χ4v) is 2.79. The number of halogens is 1. The second-order valence-corrected chi connectivity index (χ2v) is 5.43. The molecule has 19 heavy (non-hydrogen) atoms. The summed E-state index contributed by atoms with van der Waals surface area (Å²) in [4.78, 5) is 14.7. The average molecular weight is 281 g/mol. The minimum absolute atomic E-state index is 0.108. The van der Waals surface area contributed by atoms with Gasteiger partial charge in [-0.3, -0.25) is 4.79 Å². The smallest absolute Gasteiger partial charge is 0.254 e. The van der Waals surface area contributed by atoms with Crippen molar-refractivity contribution in [3.05, 3.63) is 34.9 Å². The molecule has 0 atom stereocenters. The van der Waals surface area contributed by atoms with Crippen LogP contribution in [0.3, 0.4) is 0 Å². The van der Waals surface area contributed by atoms with Crippen molar-refractivity contribution in [1.82, 2.24) is 10.2 Å². The fraction of sp³-hybridized carbons (Fsp3) is 0.533. The molecule has 1 aliphatic rings. The highest BCUT2D eigenvalue weighted by atomic mass is 35.5. The van der Waals surface area contributed by atoms with E-state index >= 15 is 0 Å². The number of benzene rings is 1. The molecule has 1 aliphatic heterocycles. The molecule has 1 heterocycles. The summed E-state index contributed by atoms with van der Waals surface area (Å²) in [6, 6.07) is 7.59. The summed E-state index contributed by atoms with van der Waals surface area (Å²) in [6.07, 6.45) is 3.05. The van der Waals surface area contributed by atoms with E-state index in [-0.39, 0.29) is 5.91 Å². The Balaban J connectivity index is 2.15. The van der Waals surface area contributed by atoms with E-state index < -0.39 is 0 Å². The van der Waals surface area contributed by atoms with Gasteiger partial charge in [-0.15, -0.1) is 0 Å². The van der Waals surface area contributed by atoms with Crippen molar-refractivity contribution in [3.8, 4) is 0 Å². The van der Waals surface area contributed by atoms with Crippen molar-refractivity contribution in [2.45, 2.75) is 32.2 Å². The maximum atomic E-state index is 12.6. The number of carbonyl (C=O) groups excluding carboxylic acids is 1. The molecule has 2 rings (SSSR count). The molecule has 1 saturated heterocycles. The number of nitrogens with zero attached hydrogens (tertiary/aromatic N) is 1. The zero-order valence-electron chi connectivity index (χ0n) is 11.4. The lowest BCUT2D eigenvalue weighted by Crippen LogP contribution is -2.46. The van der Waals surface area contributed by atoms with Crippen LogP contribution in [0.25, 0.3) is 0 Å². The molecule has 1 aromatic rings. The van der Waals surface area contributed by atoms with E-state index in [9.17, 15) is 4.79 Å². The maximum Gasteiger partial charge on any atom is 0.254 e. The molecule has 0 aromatic heterocycles. The quantitative estimate of drug-likeness (QED) is 0.920. The van der Waals surface area contributed by atoms with Crippen molar-refractivity contribution in [2.75, 3.05) is 19.6 Å². The molecule has 0 bridgehead atoms. The molecule has 0 unspecified atom stereocenters. The molecule has 104 valence electrons. The van der Waals surface area contributed by atoms with E-state index in [1.165, 1.54) is 0 Å². The summed E-state index contributed by atoms with van der Waals surface area (Å²) < 4.78 is 0. The van der Waals surface area contributed by atoms with Gasteiger partial charge in [0.2, 0.25) is 0 Å². The van der Waals surface area contributed by atoms with Crippen LogP contribution in [0, 0.1) is 0 Å². The van der Waals surface area contributed by atoms with Crippen molar-refractivity contribution in [2.24, 2.45) is 0 Å². The highest BCUT2D eigenvalue weighted by Gasteiger charge is 2.25. The monoisotopic (exact) mass is 280 g/mol. The molecule has 4 heteroatoms. The zero-order valence-corrected chi connectivity index (χ0v) is 12.1. The zero-order chi connectivity index (χ0) is 13.7. The number of rotatable bonds is 4. The van der Waals surface area contributed by atoms with Crippen LogP contribution < -0.4 is 5.32 Å². The van der Waals surface area contributed by atoms with Crippen LogP contribution in [-0.2, 0) is 0 Å². The lowest BCUT2D eigenvalue weighted by molar-refractivity contribution is 0.0642. The summed E-state index contributed by atoms with van der Waals surface area (Å²) in [5.41, 5.74) is 0.694. The Hall–Kier alpha value is -1.06. The van der Waals surface area contributed by atoms with E-state index in [4.69, 9.17) is 11.6 Å². The number of nitrogens with one attached hydrogen (secondary N) is 1. The molecular formula is C15H21ClN2O. The Labute approximate surface area is 119 Å². The summed E-state index contributed by atoms with van der Waals surface area (Å²) in [5.74, 6) is 0.108. The first kappa shape index (κ1) is 14.4. The highest BCUT2D eigenvalue weighted by Crippen LogP contribution is 2.18. The van der Waals surface area contributed by atoms with E-state index in [1.54, 1.807) is 12.1 Å². The predicted molar refractivity (Wildman–Crippen MR) is 78.7 cm³/mol. The fourth-order valence-electron chi connectivity index (χ4n) is 2.60. The van der Waals surface area contributed by atoms with Crippen LogP contribution in [-0.4, -0.2) is 36.5 Å². The second kappa shape index (κ2) is 6.92. The normalized spacial score (nSPS) is 16.3. The first-order valence-electron chi connectivity index (χ1n) is 6.99. The van der Waals surface area contributed by atoms with Gasteiger partial charge >= 0.3 is 0 Å². The van der Waals surface area contributed by atoms with Crippen LogP contribution in [0.15, 0.2) is 24.3 Å². The van der Waals surface area contributed by atoms with Gasteiger partial charge in [0.25, 0.3) is 5.91 Å². The maximum absolute atomic E-state index is 12.6. The van der Waals surface area contributed by atoms with Crippen LogP contribution in [0.1, 0.15) is 36.5 Å². The molecule has 1 amide bonds. The SMILES string of the molecule is CCCN(C(=O)c1cccc(Cl)c1)C1CCNCC1. The van der Waals surface area contributed by atoms with Crippen LogP contribution >= 0.6 is 11.6 Å². The lowest BCUT2D eigenvalue weighted by atomic mass is 10.0. The van der Waals surface area contributed by atoms with E-state index in [0.29, 0.717) is 16.6 Å². The first-order valence-corrected chi connectivity index (χ1v) is 7.37. The van der Waals surface area contributed by atoms with Gasteiger partial charge in [-0.05, 0) is 50.6 Å². The topological polar surface area (TPSA) is 32.3 Å². The van der Waals surface area contributed by atoms with Crippen LogP contribution in [0.2, 0.25) is 5.02 Å². The summed E-state index contributed by atoms with van der Waals surface area (Å²) in [6.45, 7) is 4.91. The molecule has 0 radical (unpaired) electrons. The molecule has 0 spiro atoms. The van der Waals surface area contributed by atoms with Crippen molar-refractivity contribution in [3.63, 3.8) is 0 Å². The molecule has 0 saturated carbocycles. The third-order valence-electron chi connectivity index (χ3n) is 3.55.